The summed E-state index contributed by atoms with van der Waals surface area (Å²) >= 11 is 12.0. The summed E-state index contributed by atoms with van der Waals surface area (Å²) in [6.45, 7) is 12.0. The molecule has 0 fully saturated rings. The molecule has 2 unspecified atom stereocenters. The molecule has 0 aliphatic carbocycles. The first-order valence-electron chi connectivity index (χ1n) is 12.4. The number of benzene rings is 1. The zero-order valence-corrected chi connectivity index (χ0v) is 23.3. The highest BCUT2D eigenvalue weighted by molar-refractivity contribution is 6.29. The number of fused-ring (bicyclic) bond motifs is 1. The third-order valence-corrected chi connectivity index (χ3v) is 5.98. The second-order valence-electron chi connectivity index (χ2n) is 7.78. The first-order valence-corrected chi connectivity index (χ1v) is 13.3. The summed E-state index contributed by atoms with van der Waals surface area (Å²) in [6.07, 6.45) is 15.6. The number of carbonyl (C=O) groups is 2. The fourth-order valence-electron chi connectivity index (χ4n) is 4.12. The summed E-state index contributed by atoms with van der Waals surface area (Å²) in [7, 11) is 0. The molecule has 1 aromatic carbocycles. The van der Waals surface area contributed by atoms with Gasteiger partial charge in [-0.1, -0.05) is 87.5 Å². The van der Waals surface area contributed by atoms with Gasteiger partial charge in [0.05, 0.1) is 5.88 Å². The molecular weight excluding hydrogens is 495 g/mol. The van der Waals surface area contributed by atoms with Crippen LogP contribution in [0.3, 0.4) is 0 Å². The number of Topliss-reactive ketones (excluding diaryl/α,β-unsaturated/α-hetero) is 1. The van der Waals surface area contributed by atoms with Crippen molar-refractivity contribution in [2.45, 2.75) is 59.0 Å². The van der Waals surface area contributed by atoms with Gasteiger partial charge in [0.25, 0.3) is 0 Å². The van der Waals surface area contributed by atoms with E-state index in [1.807, 2.05) is 64.2 Å². The average molecular weight is 534 g/mol. The van der Waals surface area contributed by atoms with Crippen molar-refractivity contribution in [3.8, 4) is 11.5 Å². The first kappa shape index (κ1) is 31.5. The maximum atomic E-state index is 14.1. The Labute approximate surface area is 226 Å². The fourth-order valence-corrected chi connectivity index (χ4v) is 4.44. The normalized spacial score (nSPS) is 18.4. The number of ketones is 1. The van der Waals surface area contributed by atoms with Crippen LogP contribution in [0, 0.1) is 5.92 Å². The van der Waals surface area contributed by atoms with Crippen molar-refractivity contribution in [2.24, 2.45) is 5.92 Å². The third kappa shape index (κ3) is 7.97. The Bertz CT molecular complexity index is 991. The number of hydrogen-bond donors (Lipinski definition) is 0. The number of carbonyl (C=O) groups excluding carboxylic acids is 2. The minimum atomic E-state index is -1.32. The molecule has 0 spiro atoms. The minimum Gasteiger partial charge on any atom is -0.491 e. The lowest BCUT2D eigenvalue weighted by molar-refractivity contribution is -0.109. The Morgan fingerprint density at radius 3 is 2.64 bits per heavy atom. The molecule has 2 rings (SSSR count). The molecule has 4 nitrogen and oxygen atoms in total. The van der Waals surface area contributed by atoms with E-state index in [2.05, 4.69) is 6.58 Å². The monoisotopic (exact) mass is 532 g/mol. The van der Waals surface area contributed by atoms with Gasteiger partial charge in [0, 0.05) is 30.2 Å². The number of rotatable bonds is 14. The summed E-state index contributed by atoms with van der Waals surface area (Å²) in [4.78, 5) is 25.8. The van der Waals surface area contributed by atoms with Gasteiger partial charge < -0.3 is 14.3 Å². The number of hydrogen-bond acceptors (Lipinski definition) is 4. The van der Waals surface area contributed by atoms with Gasteiger partial charge in [-0.25, -0.2) is 0 Å². The van der Waals surface area contributed by atoms with Gasteiger partial charge >= 0.3 is 0 Å². The van der Waals surface area contributed by atoms with Crippen LogP contribution in [0.5, 0.6) is 11.5 Å². The number of aldehydes is 1. The van der Waals surface area contributed by atoms with Gasteiger partial charge in [0.2, 0.25) is 5.78 Å². The second-order valence-corrected chi connectivity index (χ2v) is 8.65. The smallest absolute Gasteiger partial charge is 0.214 e. The largest absolute Gasteiger partial charge is 0.491 e. The summed E-state index contributed by atoms with van der Waals surface area (Å²) in [5.41, 5.74) is -0.166. The molecule has 0 amide bonds. The van der Waals surface area contributed by atoms with E-state index in [-0.39, 0.29) is 25.2 Å². The van der Waals surface area contributed by atoms with Crippen molar-refractivity contribution in [1.82, 2.24) is 0 Å². The predicted octanol–water partition coefficient (Wildman–Crippen LogP) is 8.41. The highest BCUT2D eigenvalue weighted by Crippen LogP contribution is 2.48. The van der Waals surface area contributed by atoms with Crippen LogP contribution in [-0.4, -0.2) is 30.2 Å². The molecule has 36 heavy (non-hydrogen) atoms. The van der Waals surface area contributed by atoms with Crippen LogP contribution < -0.4 is 9.47 Å². The van der Waals surface area contributed by atoms with Crippen LogP contribution in [0.25, 0.3) is 0 Å². The summed E-state index contributed by atoms with van der Waals surface area (Å²) < 4.78 is 12.2. The lowest BCUT2D eigenvalue weighted by Crippen LogP contribution is -2.48. The number of ether oxygens (including phenoxy) is 2. The van der Waals surface area contributed by atoms with Gasteiger partial charge in [0.15, 0.2) is 5.60 Å². The SMILES string of the molecule is C=C/C=C(\C=C/C)C(CC=O)C1(C/C=C\C/C(Cl)=C\CC)Oc2cccc(OCCCl)c2C1=O.CC. The summed E-state index contributed by atoms with van der Waals surface area (Å²) in [6, 6.07) is 5.25. The Balaban J connectivity index is 0.00000316. The van der Waals surface area contributed by atoms with Crippen molar-refractivity contribution >= 4 is 35.3 Å². The van der Waals surface area contributed by atoms with E-state index in [0.717, 1.165) is 23.3 Å². The molecule has 0 bridgehead atoms. The Morgan fingerprint density at radius 1 is 1.28 bits per heavy atom. The summed E-state index contributed by atoms with van der Waals surface area (Å²) in [5.74, 6) is 0.391. The fraction of sp³-hybridized carbons (Fsp3) is 0.400. The van der Waals surface area contributed by atoms with Crippen molar-refractivity contribution in [1.29, 1.82) is 0 Å². The molecule has 196 valence electrons. The van der Waals surface area contributed by atoms with Crippen molar-refractivity contribution < 1.29 is 19.1 Å². The van der Waals surface area contributed by atoms with E-state index in [0.29, 0.717) is 29.4 Å². The Morgan fingerprint density at radius 2 is 2.03 bits per heavy atom. The van der Waals surface area contributed by atoms with Crippen LogP contribution in [0.4, 0.5) is 0 Å². The van der Waals surface area contributed by atoms with Gasteiger partial charge in [-0.2, -0.15) is 0 Å². The molecule has 0 saturated heterocycles. The minimum absolute atomic E-state index is 0.103. The predicted molar refractivity (Wildman–Crippen MR) is 152 cm³/mol. The zero-order valence-electron chi connectivity index (χ0n) is 21.8. The van der Waals surface area contributed by atoms with E-state index >= 15 is 0 Å². The van der Waals surface area contributed by atoms with Crippen molar-refractivity contribution in [3.63, 3.8) is 0 Å². The van der Waals surface area contributed by atoms with E-state index in [9.17, 15) is 9.59 Å². The van der Waals surface area contributed by atoms with Gasteiger partial charge in [-0.15, -0.1) is 11.6 Å². The highest BCUT2D eigenvalue weighted by atomic mass is 35.5. The van der Waals surface area contributed by atoms with E-state index in [4.69, 9.17) is 32.7 Å². The molecule has 0 saturated carbocycles. The molecule has 1 aliphatic heterocycles. The number of halogens is 2. The topological polar surface area (TPSA) is 52.6 Å². The van der Waals surface area contributed by atoms with Crippen LogP contribution in [0.15, 0.2) is 77.9 Å². The molecule has 2 atom stereocenters. The van der Waals surface area contributed by atoms with Crippen LogP contribution in [0.2, 0.25) is 0 Å². The van der Waals surface area contributed by atoms with Crippen LogP contribution in [-0.2, 0) is 4.79 Å². The number of allylic oxidation sites excluding steroid dienone is 7. The maximum Gasteiger partial charge on any atom is 0.214 e. The zero-order chi connectivity index (χ0) is 27.0. The molecule has 1 aliphatic rings. The average Bonchev–Trinajstić information content (AvgIpc) is 3.18. The first-order chi connectivity index (χ1) is 17.5. The second kappa shape index (κ2) is 17.0. The molecule has 6 heteroatoms. The Kier molecular flexibility index (Phi) is 14.9. The molecule has 0 aromatic heterocycles. The Hall–Kier alpha value is -2.56. The standard InChI is InChI=1S/C28H32Cl2O4.C2H6/c1-4-10-21(11-5-2)23(16-19-31)28(17-8-7-13-22(30)12-6-3)27(32)26-24(33-20-18-29)14-9-15-25(26)34-28;1-2/h4-5,7-12,14-15,19,23H,1,6,13,16-18,20H2,2-3H3;1-2H3/b8-7-,11-5-,21-10+,22-12+;. The molecule has 0 N–H and O–H groups in total. The lowest BCUT2D eigenvalue weighted by atomic mass is 9.74. The molecule has 1 heterocycles. The van der Waals surface area contributed by atoms with Gasteiger partial charge in [-0.05, 0) is 31.1 Å². The lowest BCUT2D eigenvalue weighted by Gasteiger charge is -2.35. The third-order valence-electron chi connectivity index (χ3n) is 5.52. The van der Waals surface area contributed by atoms with Crippen LogP contribution >= 0.6 is 23.2 Å². The highest BCUT2D eigenvalue weighted by Gasteiger charge is 2.54. The quantitative estimate of drug-likeness (QED) is 0.104. The molecule has 0 radical (unpaired) electrons. The van der Waals surface area contributed by atoms with E-state index in [1.54, 1.807) is 24.3 Å². The van der Waals surface area contributed by atoms with Crippen molar-refractivity contribution in [2.75, 3.05) is 12.5 Å². The summed E-state index contributed by atoms with van der Waals surface area (Å²) in [5, 5.41) is 0.733. The van der Waals surface area contributed by atoms with Gasteiger partial charge in [-0.3, -0.25) is 4.79 Å². The van der Waals surface area contributed by atoms with Gasteiger partial charge in [0.1, 0.15) is 30.0 Å². The van der Waals surface area contributed by atoms with E-state index < -0.39 is 11.5 Å². The molecular formula is C30H38Cl2O4. The molecule has 1 aromatic rings. The maximum absolute atomic E-state index is 14.1. The van der Waals surface area contributed by atoms with Crippen LogP contribution in [0.1, 0.15) is 63.7 Å². The number of alkyl halides is 1. The van der Waals surface area contributed by atoms with E-state index in [1.165, 1.54) is 0 Å². The van der Waals surface area contributed by atoms with Crippen molar-refractivity contribution in [3.05, 3.63) is 83.5 Å².